The smallest absolute Gasteiger partial charge is 0.339 e. The van der Waals surface area contributed by atoms with Crippen molar-refractivity contribution in [3.05, 3.63) is 65.0 Å². The minimum absolute atomic E-state index is 0.119. The fourth-order valence-electron chi connectivity index (χ4n) is 3.49. The fraction of sp³-hybridized carbons (Fsp3) is 0.304. The Balaban J connectivity index is 1.90. The number of allylic oxidation sites excluding steroid dienone is 1. The van der Waals surface area contributed by atoms with Crippen LogP contribution in [-0.4, -0.2) is 43.9 Å². The SMILES string of the molecule is C=CCn1c(SC(C)C(=O)c2[nH]c(C)c(C(=O)OC)c2C)nnc1-c1cccc(C)c1. The van der Waals surface area contributed by atoms with E-state index in [1.54, 1.807) is 19.9 Å². The average Bonchev–Trinajstić information content (AvgIpc) is 3.27. The number of ketones is 1. The van der Waals surface area contributed by atoms with Gasteiger partial charge in [0.2, 0.25) is 0 Å². The Morgan fingerprint density at radius 2 is 2.03 bits per heavy atom. The number of carbonyl (C=O) groups excluding carboxylic acids is 2. The van der Waals surface area contributed by atoms with Gasteiger partial charge in [-0.2, -0.15) is 0 Å². The molecule has 0 aliphatic rings. The van der Waals surface area contributed by atoms with Crippen molar-refractivity contribution in [2.75, 3.05) is 7.11 Å². The maximum absolute atomic E-state index is 13.2. The van der Waals surface area contributed by atoms with Crippen LogP contribution in [0.25, 0.3) is 11.4 Å². The predicted octanol–water partition coefficient (Wildman–Crippen LogP) is 4.53. The lowest BCUT2D eigenvalue weighted by molar-refractivity contribution is 0.0599. The summed E-state index contributed by atoms with van der Waals surface area (Å²) in [6.07, 6.45) is 1.78. The summed E-state index contributed by atoms with van der Waals surface area (Å²) < 4.78 is 6.78. The van der Waals surface area contributed by atoms with Crippen molar-refractivity contribution in [1.82, 2.24) is 19.7 Å². The van der Waals surface area contributed by atoms with Crippen LogP contribution in [-0.2, 0) is 11.3 Å². The van der Waals surface area contributed by atoms with Crippen LogP contribution in [0.2, 0.25) is 0 Å². The first kappa shape index (κ1) is 22.6. The number of benzene rings is 1. The lowest BCUT2D eigenvalue weighted by Crippen LogP contribution is -2.16. The van der Waals surface area contributed by atoms with Crippen LogP contribution in [0.4, 0.5) is 0 Å². The number of H-pyrrole nitrogens is 1. The van der Waals surface area contributed by atoms with Crippen LogP contribution in [0.15, 0.2) is 42.1 Å². The number of ether oxygens (including phenoxy) is 1. The number of aryl methyl sites for hydroxylation is 2. The van der Waals surface area contributed by atoms with Crippen LogP contribution < -0.4 is 0 Å². The first-order valence-electron chi connectivity index (χ1n) is 9.87. The number of nitrogens with one attached hydrogen (secondary N) is 1. The van der Waals surface area contributed by atoms with Gasteiger partial charge in [0.25, 0.3) is 0 Å². The Morgan fingerprint density at radius 1 is 1.29 bits per heavy atom. The number of esters is 1. The summed E-state index contributed by atoms with van der Waals surface area (Å²) in [6.45, 7) is 11.7. The Bertz CT molecular complexity index is 1150. The Hall–Kier alpha value is -3.13. The van der Waals surface area contributed by atoms with Gasteiger partial charge in [0.15, 0.2) is 16.8 Å². The maximum Gasteiger partial charge on any atom is 0.339 e. The molecule has 8 heteroatoms. The highest BCUT2D eigenvalue weighted by Gasteiger charge is 2.27. The molecule has 162 valence electrons. The van der Waals surface area contributed by atoms with Crippen molar-refractivity contribution < 1.29 is 14.3 Å². The zero-order valence-corrected chi connectivity index (χ0v) is 19.2. The summed E-state index contributed by atoms with van der Waals surface area (Å²) in [5.41, 5.74) is 4.10. The summed E-state index contributed by atoms with van der Waals surface area (Å²) in [5.74, 6) is 0.149. The summed E-state index contributed by atoms with van der Waals surface area (Å²) in [4.78, 5) is 28.2. The first-order chi connectivity index (χ1) is 14.8. The number of methoxy groups -OCH3 is 1. The first-order valence-corrected chi connectivity index (χ1v) is 10.8. The van der Waals surface area contributed by atoms with Gasteiger partial charge in [0, 0.05) is 17.8 Å². The number of aromatic nitrogens is 4. The molecular weight excluding hydrogens is 412 g/mol. The topological polar surface area (TPSA) is 89.9 Å². The van der Waals surface area contributed by atoms with E-state index in [0.717, 1.165) is 17.0 Å². The van der Waals surface area contributed by atoms with Gasteiger partial charge in [-0.05, 0) is 39.3 Å². The summed E-state index contributed by atoms with van der Waals surface area (Å²) in [6, 6.07) is 8.04. The third-order valence-corrected chi connectivity index (χ3v) is 6.11. The molecule has 0 saturated heterocycles. The number of rotatable bonds is 8. The number of nitrogens with zero attached hydrogens (tertiary/aromatic N) is 3. The van der Waals surface area contributed by atoms with Crippen molar-refractivity contribution in [3.8, 4) is 11.4 Å². The van der Waals surface area contributed by atoms with Crippen molar-refractivity contribution in [3.63, 3.8) is 0 Å². The van der Waals surface area contributed by atoms with Crippen LogP contribution in [0.1, 0.15) is 44.6 Å². The van der Waals surface area contributed by atoms with Crippen LogP contribution in [0.5, 0.6) is 0 Å². The summed E-state index contributed by atoms with van der Waals surface area (Å²) >= 11 is 1.33. The van der Waals surface area contributed by atoms with Gasteiger partial charge >= 0.3 is 5.97 Å². The molecule has 1 N–H and O–H groups in total. The summed E-state index contributed by atoms with van der Waals surface area (Å²) in [5, 5.41) is 8.89. The Kier molecular flexibility index (Phi) is 6.80. The van der Waals surface area contributed by atoms with Crippen molar-refractivity contribution in [1.29, 1.82) is 0 Å². The predicted molar refractivity (Wildman–Crippen MR) is 122 cm³/mol. The third-order valence-electron chi connectivity index (χ3n) is 5.03. The molecule has 1 unspecified atom stereocenters. The maximum atomic E-state index is 13.2. The van der Waals surface area contributed by atoms with Gasteiger partial charge < -0.3 is 9.72 Å². The van der Waals surface area contributed by atoms with Gasteiger partial charge in [-0.15, -0.1) is 16.8 Å². The minimum atomic E-state index is -0.459. The fourth-order valence-corrected chi connectivity index (χ4v) is 4.40. The molecule has 0 radical (unpaired) electrons. The highest BCUT2D eigenvalue weighted by Crippen LogP contribution is 2.30. The molecule has 1 aromatic carbocycles. The van der Waals surface area contributed by atoms with Gasteiger partial charge in [-0.3, -0.25) is 9.36 Å². The number of hydrogen-bond acceptors (Lipinski definition) is 6. The number of Topliss-reactive ketones (excluding diaryl/α,β-unsaturated/α-hetero) is 1. The van der Waals surface area contributed by atoms with Crippen LogP contribution >= 0.6 is 11.8 Å². The Labute approximate surface area is 185 Å². The van der Waals surface area contributed by atoms with Crippen LogP contribution in [0, 0.1) is 20.8 Å². The molecule has 0 aliphatic carbocycles. The van der Waals surface area contributed by atoms with E-state index in [1.165, 1.54) is 18.9 Å². The molecule has 0 saturated carbocycles. The van der Waals surface area contributed by atoms with Crippen molar-refractivity contribution >= 4 is 23.5 Å². The highest BCUT2D eigenvalue weighted by atomic mass is 32.2. The van der Waals surface area contributed by atoms with Crippen molar-refractivity contribution in [2.45, 2.75) is 44.6 Å². The largest absolute Gasteiger partial charge is 0.465 e. The van der Waals surface area contributed by atoms with Crippen LogP contribution in [0.3, 0.4) is 0 Å². The second-order valence-electron chi connectivity index (χ2n) is 7.32. The molecule has 0 bridgehead atoms. The summed E-state index contributed by atoms with van der Waals surface area (Å²) in [7, 11) is 1.33. The molecule has 0 aliphatic heterocycles. The standard InChI is InChI=1S/C23H26N4O3S/c1-7-11-27-21(17-10-8-9-13(2)12-17)25-26-23(27)31-16(5)20(28)19-14(3)18(15(4)24-19)22(29)30-6/h7-10,12,16,24H,1,11H2,2-6H3. The van der Waals surface area contributed by atoms with E-state index in [9.17, 15) is 9.59 Å². The number of thioether (sulfide) groups is 1. The van der Waals surface area contributed by atoms with Gasteiger partial charge in [-0.1, -0.05) is 41.6 Å². The number of aromatic amines is 1. The van der Waals surface area contributed by atoms with E-state index in [0.29, 0.717) is 34.2 Å². The van der Waals surface area contributed by atoms with E-state index < -0.39 is 11.2 Å². The molecule has 31 heavy (non-hydrogen) atoms. The van der Waals surface area contributed by atoms with E-state index in [-0.39, 0.29) is 5.78 Å². The number of carbonyl (C=O) groups is 2. The molecule has 7 nitrogen and oxygen atoms in total. The van der Waals surface area contributed by atoms with Gasteiger partial charge in [-0.25, -0.2) is 4.79 Å². The highest BCUT2D eigenvalue weighted by molar-refractivity contribution is 8.00. The molecule has 2 aromatic heterocycles. The monoisotopic (exact) mass is 438 g/mol. The molecule has 0 spiro atoms. The van der Waals surface area contributed by atoms with E-state index >= 15 is 0 Å². The molecule has 3 aromatic rings. The lowest BCUT2D eigenvalue weighted by Gasteiger charge is -2.12. The molecule has 1 atom stereocenters. The average molecular weight is 439 g/mol. The lowest BCUT2D eigenvalue weighted by atomic mass is 10.1. The molecular formula is C23H26N4O3S. The van der Waals surface area contributed by atoms with Gasteiger partial charge in [0.1, 0.15) is 0 Å². The third kappa shape index (κ3) is 4.49. The molecule has 2 heterocycles. The molecule has 0 fully saturated rings. The molecule has 0 amide bonds. The Morgan fingerprint density at radius 3 is 2.68 bits per heavy atom. The molecule has 3 rings (SSSR count). The quantitative estimate of drug-likeness (QED) is 0.240. The van der Waals surface area contributed by atoms with E-state index in [2.05, 4.69) is 21.8 Å². The number of hydrogen-bond donors (Lipinski definition) is 1. The van der Waals surface area contributed by atoms with E-state index in [1.807, 2.05) is 42.7 Å². The normalized spacial score (nSPS) is 11.9. The zero-order chi connectivity index (χ0) is 22.7. The van der Waals surface area contributed by atoms with Gasteiger partial charge in [0.05, 0.1) is 23.6 Å². The minimum Gasteiger partial charge on any atom is -0.465 e. The second kappa shape index (κ2) is 9.34. The van der Waals surface area contributed by atoms with Crippen molar-refractivity contribution in [2.24, 2.45) is 0 Å². The van der Waals surface area contributed by atoms with E-state index in [4.69, 9.17) is 4.74 Å². The second-order valence-corrected chi connectivity index (χ2v) is 8.62. The zero-order valence-electron chi connectivity index (χ0n) is 18.4.